The second kappa shape index (κ2) is 8.72. The first kappa shape index (κ1) is 16.7. The van der Waals surface area contributed by atoms with Gasteiger partial charge in [0, 0.05) is 10.6 Å². The van der Waals surface area contributed by atoms with E-state index in [1.807, 2.05) is 0 Å². The summed E-state index contributed by atoms with van der Waals surface area (Å²) in [5, 5.41) is 3.69. The van der Waals surface area contributed by atoms with Gasteiger partial charge in [-0.1, -0.05) is 24.9 Å². The number of methoxy groups -OCH3 is 1. The van der Waals surface area contributed by atoms with Crippen molar-refractivity contribution in [2.24, 2.45) is 0 Å². The van der Waals surface area contributed by atoms with Crippen LogP contribution in [0, 0.1) is 0 Å². The highest BCUT2D eigenvalue weighted by Crippen LogP contribution is 2.12. The van der Waals surface area contributed by atoms with Gasteiger partial charge in [-0.25, -0.2) is 0 Å². The van der Waals surface area contributed by atoms with E-state index in [-0.39, 0.29) is 12.2 Å². The molecule has 1 aromatic carbocycles. The molecule has 0 spiro atoms. The molecule has 0 aliphatic carbocycles. The van der Waals surface area contributed by atoms with Crippen molar-refractivity contribution in [3.63, 3.8) is 0 Å². The molecule has 0 radical (unpaired) electrons. The topological polar surface area (TPSA) is 55.4 Å². The van der Waals surface area contributed by atoms with Crippen molar-refractivity contribution in [3.05, 3.63) is 34.9 Å². The molecule has 0 aliphatic rings. The number of halogens is 1. The highest BCUT2D eigenvalue weighted by molar-refractivity contribution is 6.30. The Morgan fingerprint density at radius 3 is 2.50 bits per heavy atom. The zero-order valence-corrected chi connectivity index (χ0v) is 12.6. The molecule has 0 amide bonds. The molecule has 0 heterocycles. The van der Waals surface area contributed by atoms with E-state index in [1.165, 1.54) is 7.11 Å². The Labute approximate surface area is 124 Å². The molecule has 0 saturated carbocycles. The van der Waals surface area contributed by atoms with E-state index in [0.717, 1.165) is 12.8 Å². The van der Waals surface area contributed by atoms with E-state index in [0.29, 0.717) is 17.1 Å². The Balaban J connectivity index is 2.76. The van der Waals surface area contributed by atoms with Crippen molar-refractivity contribution >= 4 is 23.4 Å². The largest absolute Gasteiger partial charge is 0.469 e. The van der Waals surface area contributed by atoms with Gasteiger partial charge in [0.05, 0.1) is 19.6 Å². The highest BCUT2D eigenvalue weighted by atomic mass is 35.5. The van der Waals surface area contributed by atoms with E-state index >= 15 is 0 Å². The van der Waals surface area contributed by atoms with E-state index < -0.39 is 12.0 Å². The predicted octanol–water partition coefficient (Wildman–Crippen LogP) is 2.84. The zero-order chi connectivity index (χ0) is 15.0. The number of carbonyl (C=O) groups is 2. The lowest BCUT2D eigenvalue weighted by atomic mass is 10.0. The average Bonchev–Trinajstić information content (AvgIpc) is 2.46. The van der Waals surface area contributed by atoms with Crippen molar-refractivity contribution in [1.82, 2.24) is 5.32 Å². The molecule has 0 aliphatic heterocycles. The third-order valence-electron chi connectivity index (χ3n) is 2.96. The van der Waals surface area contributed by atoms with Gasteiger partial charge in [-0.3, -0.25) is 9.59 Å². The Morgan fingerprint density at radius 2 is 1.95 bits per heavy atom. The minimum atomic E-state index is -0.560. The number of carbonyl (C=O) groups excluding carboxylic acids is 2. The number of ketones is 1. The first-order chi connectivity index (χ1) is 9.58. The quantitative estimate of drug-likeness (QED) is 0.455. The summed E-state index contributed by atoms with van der Waals surface area (Å²) >= 11 is 5.80. The molecule has 20 heavy (non-hydrogen) atoms. The van der Waals surface area contributed by atoms with E-state index in [2.05, 4.69) is 17.0 Å². The molecular formula is C15H20ClNO3. The van der Waals surface area contributed by atoms with E-state index in [4.69, 9.17) is 11.6 Å². The van der Waals surface area contributed by atoms with Gasteiger partial charge in [0.25, 0.3) is 0 Å². The maximum atomic E-state index is 12.4. The van der Waals surface area contributed by atoms with Gasteiger partial charge in [-0.15, -0.1) is 0 Å². The number of hydrogen-bond acceptors (Lipinski definition) is 4. The van der Waals surface area contributed by atoms with Crippen molar-refractivity contribution in [2.75, 3.05) is 13.7 Å². The smallest absolute Gasteiger partial charge is 0.307 e. The lowest BCUT2D eigenvalue weighted by Crippen LogP contribution is -2.39. The van der Waals surface area contributed by atoms with E-state index in [9.17, 15) is 9.59 Å². The van der Waals surface area contributed by atoms with Crippen LogP contribution in [0.5, 0.6) is 0 Å². The van der Waals surface area contributed by atoms with Crippen LogP contribution in [0.15, 0.2) is 24.3 Å². The standard InChI is InChI=1S/C15H20ClNO3/c1-3-4-9-17-13(10-14(18)20-2)15(19)11-5-7-12(16)8-6-11/h5-8,13,17H,3-4,9-10H2,1-2H3. The summed E-state index contributed by atoms with van der Waals surface area (Å²) in [6.45, 7) is 2.76. The maximum Gasteiger partial charge on any atom is 0.307 e. The normalized spacial score (nSPS) is 11.9. The Hall–Kier alpha value is -1.39. The molecule has 0 bridgehead atoms. The summed E-state index contributed by atoms with van der Waals surface area (Å²) in [6, 6.07) is 6.09. The van der Waals surface area contributed by atoms with Crippen LogP contribution < -0.4 is 5.32 Å². The van der Waals surface area contributed by atoms with Gasteiger partial charge >= 0.3 is 5.97 Å². The number of Topliss-reactive ketones (excluding diaryl/α,β-unsaturated/α-hetero) is 1. The van der Waals surface area contributed by atoms with Gasteiger partial charge in [-0.2, -0.15) is 0 Å². The number of hydrogen-bond donors (Lipinski definition) is 1. The Bertz CT molecular complexity index is 445. The second-order valence-electron chi connectivity index (χ2n) is 4.51. The summed E-state index contributed by atoms with van der Waals surface area (Å²) in [6.07, 6.45) is 2.00. The van der Waals surface area contributed by atoms with Crippen molar-refractivity contribution in [1.29, 1.82) is 0 Å². The van der Waals surface area contributed by atoms with Crippen molar-refractivity contribution in [3.8, 4) is 0 Å². The second-order valence-corrected chi connectivity index (χ2v) is 4.95. The molecule has 1 unspecified atom stereocenters. The Morgan fingerprint density at radius 1 is 1.30 bits per heavy atom. The van der Waals surface area contributed by atoms with Crippen molar-refractivity contribution < 1.29 is 14.3 Å². The van der Waals surface area contributed by atoms with Crippen LogP contribution in [-0.2, 0) is 9.53 Å². The highest BCUT2D eigenvalue weighted by Gasteiger charge is 2.22. The fourth-order valence-electron chi connectivity index (χ4n) is 1.78. The molecule has 0 saturated heterocycles. The summed E-state index contributed by atoms with van der Waals surface area (Å²) < 4.78 is 4.64. The minimum absolute atomic E-state index is 0.0294. The van der Waals surface area contributed by atoms with Crippen LogP contribution in [0.2, 0.25) is 5.02 Å². The van der Waals surface area contributed by atoms with Crippen LogP contribution in [-0.4, -0.2) is 31.4 Å². The number of nitrogens with one attached hydrogen (secondary N) is 1. The lowest BCUT2D eigenvalue weighted by Gasteiger charge is -2.16. The maximum absolute atomic E-state index is 12.4. The number of unbranched alkanes of at least 4 members (excludes halogenated alkanes) is 1. The average molecular weight is 298 g/mol. The molecule has 0 fully saturated rings. The molecule has 1 atom stereocenters. The zero-order valence-electron chi connectivity index (χ0n) is 11.8. The lowest BCUT2D eigenvalue weighted by molar-refractivity contribution is -0.140. The van der Waals surface area contributed by atoms with Gasteiger partial charge in [0.15, 0.2) is 5.78 Å². The fraction of sp³-hybridized carbons (Fsp3) is 0.467. The molecule has 5 heteroatoms. The van der Waals surface area contributed by atoms with Crippen LogP contribution in [0.25, 0.3) is 0 Å². The SMILES string of the molecule is CCCCNC(CC(=O)OC)C(=O)c1ccc(Cl)cc1. The number of benzene rings is 1. The predicted molar refractivity (Wildman–Crippen MR) is 79.1 cm³/mol. The van der Waals surface area contributed by atoms with Crippen molar-refractivity contribution in [2.45, 2.75) is 32.2 Å². The third kappa shape index (κ3) is 5.31. The van der Waals surface area contributed by atoms with Crippen LogP contribution in [0.1, 0.15) is 36.5 Å². The summed E-state index contributed by atoms with van der Waals surface area (Å²) in [4.78, 5) is 23.8. The number of ether oxygens (including phenoxy) is 1. The first-order valence-electron chi connectivity index (χ1n) is 6.68. The molecule has 1 rings (SSSR count). The van der Waals surface area contributed by atoms with Crippen LogP contribution >= 0.6 is 11.6 Å². The number of rotatable bonds is 8. The van der Waals surface area contributed by atoms with Gasteiger partial charge in [-0.05, 0) is 37.2 Å². The van der Waals surface area contributed by atoms with Gasteiger partial charge in [0.1, 0.15) is 0 Å². The first-order valence-corrected chi connectivity index (χ1v) is 7.06. The molecule has 0 aromatic heterocycles. The third-order valence-corrected chi connectivity index (χ3v) is 3.22. The minimum Gasteiger partial charge on any atom is -0.469 e. The van der Waals surface area contributed by atoms with E-state index in [1.54, 1.807) is 24.3 Å². The molecule has 1 aromatic rings. The van der Waals surface area contributed by atoms with Gasteiger partial charge < -0.3 is 10.1 Å². The summed E-state index contributed by atoms with van der Waals surface area (Å²) in [5.74, 6) is -0.524. The summed E-state index contributed by atoms with van der Waals surface area (Å²) in [5.41, 5.74) is 0.535. The molecule has 4 nitrogen and oxygen atoms in total. The molecule has 1 N–H and O–H groups in total. The monoisotopic (exact) mass is 297 g/mol. The van der Waals surface area contributed by atoms with Crippen LogP contribution in [0.4, 0.5) is 0 Å². The Kier molecular flexibility index (Phi) is 7.26. The molecule has 110 valence electrons. The number of esters is 1. The van der Waals surface area contributed by atoms with Crippen LogP contribution in [0.3, 0.4) is 0 Å². The molecular weight excluding hydrogens is 278 g/mol. The fourth-order valence-corrected chi connectivity index (χ4v) is 1.90. The summed E-state index contributed by atoms with van der Waals surface area (Å²) in [7, 11) is 1.32. The van der Waals surface area contributed by atoms with Gasteiger partial charge in [0.2, 0.25) is 0 Å².